The number of nitrogens with one attached hydrogen (secondary N) is 2. The number of phenols is 2. The van der Waals surface area contributed by atoms with Crippen LogP contribution in [0.15, 0.2) is 167 Å². The zero-order chi connectivity index (χ0) is 39.8. The molecule has 0 radical (unpaired) electrons. The van der Waals surface area contributed by atoms with Crippen LogP contribution in [0.5, 0.6) is 11.5 Å². The van der Waals surface area contributed by atoms with E-state index in [1.54, 1.807) is 12.1 Å². The number of para-hydroxylation sites is 2. The van der Waals surface area contributed by atoms with Gasteiger partial charge in [0.25, 0.3) is 0 Å². The van der Waals surface area contributed by atoms with E-state index in [0.29, 0.717) is 23.3 Å². The van der Waals surface area contributed by atoms with Gasteiger partial charge in [-0.2, -0.15) is 0 Å². The van der Waals surface area contributed by atoms with Crippen molar-refractivity contribution in [1.29, 1.82) is 0 Å². The van der Waals surface area contributed by atoms with Crippen molar-refractivity contribution in [2.45, 2.75) is 38.8 Å². The Kier molecular flexibility index (Phi) is 11.1. The van der Waals surface area contributed by atoms with Gasteiger partial charge in [-0.1, -0.05) is 71.6 Å². The Morgan fingerprint density at radius 1 is 0.483 bits per heavy atom. The number of phenolic OH excluding ortho intramolecular Hbond substituents is 2. The number of anilines is 4. The van der Waals surface area contributed by atoms with E-state index in [0.717, 1.165) is 83.1 Å². The van der Waals surface area contributed by atoms with Crippen LogP contribution in [0.1, 0.15) is 25.7 Å². The highest BCUT2D eigenvalue weighted by molar-refractivity contribution is 5.98. The minimum atomic E-state index is 0.0828. The first-order valence-electron chi connectivity index (χ1n) is 19.5. The second-order valence-corrected chi connectivity index (χ2v) is 14.3. The lowest BCUT2D eigenvalue weighted by molar-refractivity contribution is -0.657. The number of aromatic nitrogens is 4. The summed E-state index contributed by atoms with van der Waals surface area (Å²) in [6, 6.07) is 39.1. The highest BCUT2D eigenvalue weighted by atomic mass is 16.3. The van der Waals surface area contributed by atoms with Gasteiger partial charge < -0.3 is 20.8 Å². The van der Waals surface area contributed by atoms with Gasteiger partial charge >= 0.3 is 11.9 Å². The predicted molar refractivity (Wildman–Crippen MR) is 229 cm³/mol. The van der Waals surface area contributed by atoms with E-state index in [1.807, 2.05) is 157 Å². The second-order valence-electron chi connectivity index (χ2n) is 14.3. The number of benzene rings is 6. The summed E-state index contributed by atoms with van der Waals surface area (Å²) in [7, 11) is 3.90. The molecule has 8 rings (SSSR count). The summed E-state index contributed by atoms with van der Waals surface area (Å²) in [4.78, 5) is 0. The Hall–Kier alpha value is -7.34. The molecule has 0 aliphatic rings. The monoisotopic (exact) mass is 770 g/mol. The zero-order valence-corrected chi connectivity index (χ0v) is 32.6. The fourth-order valence-electron chi connectivity index (χ4n) is 7.09. The normalized spacial score (nSPS) is 11.7. The Morgan fingerprint density at radius 3 is 1.34 bits per heavy atom. The molecule has 0 aliphatic heterocycles. The lowest BCUT2D eigenvalue weighted by Gasteiger charge is -2.09. The Bertz CT molecular complexity index is 2550. The molecule has 58 heavy (non-hydrogen) atoms. The molecule has 0 saturated heterocycles. The standard InChI is InChI=1S/C46H44N10O2/c1-53-27-29-55(45(53)51-49-43-39-21-19-37(31-33(39)17-23-41(43)57)47-35-13-7-5-8-14-35)25-11-3-4-12-26-56-30-28-54(2)46(56)52-50-44-40-22-20-38(32-34(40)18-24-42(44)58)48-36-15-9-6-10-16-36/h5-10,13-24,27-32H,3-4,11-12,25-26H2,1-2H3,(H2,47,48,49,50)/p+2. The largest absolute Gasteiger partial charge is 0.506 e. The summed E-state index contributed by atoms with van der Waals surface area (Å²) in [5, 5.41) is 50.3. The molecule has 0 aliphatic carbocycles. The molecule has 0 fully saturated rings. The van der Waals surface area contributed by atoms with Gasteiger partial charge in [-0.25, -0.2) is 18.3 Å². The lowest BCUT2D eigenvalue weighted by atomic mass is 10.1. The van der Waals surface area contributed by atoms with Crippen molar-refractivity contribution in [2.75, 3.05) is 10.6 Å². The Morgan fingerprint density at radius 2 is 0.914 bits per heavy atom. The maximum absolute atomic E-state index is 10.8. The van der Waals surface area contributed by atoms with E-state index in [4.69, 9.17) is 0 Å². The summed E-state index contributed by atoms with van der Waals surface area (Å²) >= 11 is 0. The van der Waals surface area contributed by atoms with Crippen LogP contribution in [0.3, 0.4) is 0 Å². The number of unbranched alkanes of at least 4 members (excludes halogenated alkanes) is 3. The number of imidazole rings is 2. The molecule has 0 saturated carbocycles. The van der Waals surface area contributed by atoms with E-state index < -0.39 is 0 Å². The number of hydrogen-bond acceptors (Lipinski definition) is 8. The molecule has 0 spiro atoms. The van der Waals surface area contributed by atoms with Crippen molar-refractivity contribution in [3.63, 3.8) is 0 Å². The van der Waals surface area contributed by atoms with Crippen LogP contribution in [0, 0.1) is 0 Å². The Balaban J connectivity index is 0.867. The van der Waals surface area contributed by atoms with Crippen LogP contribution in [-0.2, 0) is 27.2 Å². The summed E-state index contributed by atoms with van der Waals surface area (Å²) in [5.41, 5.74) is 4.78. The average Bonchev–Trinajstić information content (AvgIpc) is 3.78. The van der Waals surface area contributed by atoms with Crippen LogP contribution in [0.25, 0.3) is 21.5 Å². The van der Waals surface area contributed by atoms with Crippen molar-refractivity contribution in [1.82, 2.24) is 9.13 Å². The molecule has 4 N–H and O–H groups in total. The maximum atomic E-state index is 10.8. The Labute approximate surface area is 336 Å². The van der Waals surface area contributed by atoms with Crippen molar-refractivity contribution in [3.05, 3.63) is 146 Å². The number of azo groups is 2. The molecule has 2 heterocycles. The third-order valence-electron chi connectivity index (χ3n) is 10.2. The first-order chi connectivity index (χ1) is 28.4. The summed E-state index contributed by atoms with van der Waals surface area (Å²) < 4.78 is 8.07. The van der Waals surface area contributed by atoms with Gasteiger partial charge in [-0.3, -0.25) is 0 Å². The molecule has 6 aromatic carbocycles. The first-order valence-corrected chi connectivity index (χ1v) is 19.5. The number of aromatic hydroxyl groups is 2. The van der Waals surface area contributed by atoms with Crippen LogP contribution in [-0.4, -0.2) is 19.3 Å². The third kappa shape index (κ3) is 8.56. The highest BCUT2D eigenvalue weighted by Gasteiger charge is 2.18. The van der Waals surface area contributed by atoms with E-state index >= 15 is 0 Å². The van der Waals surface area contributed by atoms with Gasteiger partial charge in [-0.05, 0) is 96.4 Å². The summed E-state index contributed by atoms with van der Waals surface area (Å²) in [6.45, 7) is 1.59. The van der Waals surface area contributed by atoms with Crippen LogP contribution in [0.4, 0.5) is 46.0 Å². The summed E-state index contributed by atoms with van der Waals surface area (Å²) in [5.74, 6) is 1.57. The molecule has 0 bridgehead atoms. The minimum absolute atomic E-state index is 0.0828. The van der Waals surface area contributed by atoms with Crippen molar-refractivity contribution < 1.29 is 19.3 Å². The molecule has 2 aromatic heterocycles. The van der Waals surface area contributed by atoms with Gasteiger partial charge in [-0.15, -0.1) is 0 Å². The molecule has 290 valence electrons. The first kappa shape index (κ1) is 37.6. The molecular weight excluding hydrogens is 725 g/mol. The van der Waals surface area contributed by atoms with E-state index in [9.17, 15) is 10.2 Å². The second kappa shape index (κ2) is 17.2. The molecule has 8 aromatic rings. The fraction of sp³-hybridized carbons (Fsp3) is 0.174. The number of nitrogens with zero attached hydrogens (tertiary/aromatic N) is 8. The smallest absolute Gasteiger partial charge is 0.421 e. The van der Waals surface area contributed by atoms with E-state index in [1.165, 1.54) is 0 Å². The topological polar surface area (TPSA) is 132 Å². The fourth-order valence-corrected chi connectivity index (χ4v) is 7.09. The van der Waals surface area contributed by atoms with Gasteiger partial charge in [0.2, 0.25) is 0 Å². The minimum Gasteiger partial charge on any atom is -0.506 e. The van der Waals surface area contributed by atoms with Crippen LogP contribution < -0.4 is 19.8 Å². The van der Waals surface area contributed by atoms with Gasteiger partial charge in [0.05, 0.1) is 52.0 Å². The van der Waals surface area contributed by atoms with Gasteiger partial charge in [0.1, 0.15) is 11.5 Å². The molecule has 12 heteroatoms. The zero-order valence-electron chi connectivity index (χ0n) is 32.6. The third-order valence-corrected chi connectivity index (χ3v) is 10.2. The van der Waals surface area contributed by atoms with Crippen LogP contribution >= 0.6 is 0 Å². The number of hydrogen-bond donors (Lipinski definition) is 4. The quantitative estimate of drug-likeness (QED) is 0.0469. The number of aryl methyl sites for hydroxylation is 4. The van der Waals surface area contributed by atoms with Crippen molar-refractivity contribution in [2.24, 2.45) is 34.6 Å². The number of fused-ring (bicyclic) bond motifs is 2. The van der Waals surface area contributed by atoms with Gasteiger partial charge in [0.15, 0.2) is 11.4 Å². The molecule has 12 nitrogen and oxygen atoms in total. The van der Waals surface area contributed by atoms with Crippen LogP contribution in [0.2, 0.25) is 0 Å². The molecule has 0 atom stereocenters. The van der Waals surface area contributed by atoms with Gasteiger partial charge in [0, 0.05) is 43.8 Å². The maximum Gasteiger partial charge on any atom is 0.421 e. The van der Waals surface area contributed by atoms with Crippen molar-refractivity contribution in [3.8, 4) is 11.5 Å². The highest BCUT2D eigenvalue weighted by Crippen LogP contribution is 2.39. The van der Waals surface area contributed by atoms with E-state index in [2.05, 4.69) is 40.2 Å². The lowest BCUT2D eigenvalue weighted by Crippen LogP contribution is -2.25. The average molecular weight is 771 g/mol. The van der Waals surface area contributed by atoms with Crippen molar-refractivity contribution >= 4 is 67.6 Å². The SMILES string of the molecule is C[n+]1ccn(CCCCCCn2cc[n+](C)c2N=Nc2c(O)ccc3cc(Nc4ccccc4)ccc23)c1N=Nc1c(O)ccc2cc(Nc3ccccc3)ccc12. The predicted octanol–water partition coefficient (Wildman–Crippen LogP) is 11.2. The number of rotatable bonds is 15. The molecule has 0 unspecified atom stereocenters. The molecular formula is C46H46N10O2+2. The summed E-state index contributed by atoms with van der Waals surface area (Å²) in [6.07, 6.45) is 12.0. The molecule has 0 amide bonds. The van der Waals surface area contributed by atoms with E-state index in [-0.39, 0.29) is 11.5 Å².